The number of imidazole rings is 1. The number of benzene rings is 1. The van der Waals surface area contributed by atoms with Gasteiger partial charge in [-0.3, -0.25) is 0 Å². The molecule has 0 atom stereocenters. The average Bonchev–Trinajstić information content (AvgIpc) is 2.61. The molecule has 86 valence electrons. The van der Waals surface area contributed by atoms with Gasteiger partial charge in [0.05, 0.1) is 21.1 Å². The van der Waals surface area contributed by atoms with E-state index in [1.165, 1.54) is 0 Å². The van der Waals surface area contributed by atoms with Crippen LogP contribution in [0.15, 0.2) is 12.1 Å². The highest BCUT2D eigenvalue weighted by Crippen LogP contribution is 2.26. The van der Waals surface area contributed by atoms with Gasteiger partial charge < -0.3 is 4.98 Å². The second-order valence-electron chi connectivity index (χ2n) is 3.61. The van der Waals surface area contributed by atoms with E-state index in [1.807, 2.05) is 0 Å². The molecule has 2 aromatic rings. The molecule has 1 heterocycles. The molecule has 0 aliphatic carbocycles. The predicted molar refractivity (Wildman–Crippen MR) is 69.8 cm³/mol. The number of hydrogen-bond donors (Lipinski definition) is 1. The number of halogens is 3. The number of alkyl halides is 1. The average molecular weight is 278 g/mol. The summed E-state index contributed by atoms with van der Waals surface area (Å²) >= 11 is 17.5. The van der Waals surface area contributed by atoms with Gasteiger partial charge in [-0.25, -0.2) is 4.98 Å². The van der Waals surface area contributed by atoms with Gasteiger partial charge in [0.25, 0.3) is 0 Å². The number of unbranched alkanes of at least 4 members (excludes halogenated alkanes) is 1. The summed E-state index contributed by atoms with van der Waals surface area (Å²) in [5, 5.41) is 1.08. The number of nitrogens with zero attached hydrogens (tertiary/aromatic N) is 1. The molecule has 0 bridgehead atoms. The van der Waals surface area contributed by atoms with Gasteiger partial charge in [0.2, 0.25) is 0 Å². The van der Waals surface area contributed by atoms with Crippen molar-refractivity contribution in [2.24, 2.45) is 0 Å². The molecular weight excluding hydrogens is 266 g/mol. The van der Waals surface area contributed by atoms with Crippen molar-refractivity contribution in [3.63, 3.8) is 0 Å². The molecule has 0 fully saturated rings. The minimum absolute atomic E-state index is 0.535. The van der Waals surface area contributed by atoms with Crippen LogP contribution in [0.25, 0.3) is 11.0 Å². The Bertz CT molecular complexity index is 454. The Balaban J connectivity index is 2.23. The van der Waals surface area contributed by atoms with E-state index in [1.54, 1.807) is 12.1 Å². The Labute approximate surface area is 109 Å². The molecule has 1 N–H and O–H groups in total. The van der Waals surface area contributed by atoms with Gasteiger partial charge in [-0.2, -0.15) is 0 Å². The Morgan fingerprint density at radius 1 is 1.12 bits per heavy atom. The standard InChI is InChI=1S/C11H11Cl3N2/c12-4-2-1-3-11-15-9-5-7(13)8(14)6-10(9)16-11/h5-6H,1-4H2,(H,15,16). The van der Waals surface area contributed by atoms with Crippen molar-refractivity contribution in [2.75, 3.05) is 5.88 Å². The van der Waals surface area contributed by atoms with E-state index in [2.05, 4.69) is 9.97 Å². The largest absolute Gasteiger partial charge is 0.342 e. The topological polar surface area (TPSA) is 28.7 Å². The van der Waals surface area contributed by atoms with Gasteiger partial charge >= 0.3 is 0 Å². The van der Waals surface area contributed by atoms with Crippen molar-refractivity contribution in [2.45, 2.75) is 19.3 Å². The molecule has 0 unspecified atom stereocenters. The fourth-order valence-electron chi connectivity index (χ4n) is 1.56. The monoisotopic (exact) mass is 276 g/mol. The lowest BCUT2D eigenvalue weighted by Crippen LogP contribution is -1.88. The third-order valence-electron chi connectivity index (χ3n) is 2.37. The number of nitrogens with one attached hydrogen (secondary N) is 1. The molecular formula is C11H11Cl3N2. The van der Waals surface area contributed by atoms with Crippen LogP contribution in [-0.4, -0.2) is 15.8 Å². The number of aryl methyl sites for hydroxylation is 1. The Morgan fingerprint density at radius 2 is 1.88 bits per heavy atom. The molecule has 0 aliphatic rings. The van der Waals surface area contributed by atoms with Crippen molar-refractivity contribution in [3.05, 3.63) is 28.0 Å². The van der Waals surface area contributed by atoms with E-state index in [4.69, 9.17) is 34.8 Å². The summed E-state index contributed by atoms with van der Waals surface area (Å²) in [6.45, 7) is 0. The quantitative estimate of drug-likeness (QED) is 0.650. The molecule has 0 spiro atoms. The third kappa shape index (κ3) is 2.62. The van der Waals surface area contributed by atoms with E-state index in [9.17, 15) is 0 Å². The van der Waals surface area contributed by atoms with Crippen LogP contribution in [0, 0.1) is 0 Å². The normalized spacial score (nSPS) is 11.2. The summed E-state index contributed by atoms with van der Waals surface area (Å²) in [5.74, 6) is 1.65. The van der Waals surface area contributed by atoms with E-state index < -0.39 is 0 Å². The first kappa shape index (κ1) is 12.0. The van der Waals surface area contributed by atoms with Crippen LogP contribution in [-0.2, 0) is 6.42 Å². The SMILES string of the molecule is ClCCCCc1nc2cc(Cl)c(Cl)cc2[nH]1. The molecule has 0 saturated carbocycles. The highest BCUT2D eigenvalue weighted by atomic mass is 35.5. The summed E-state index contributed by atoms with van der Waals surface area (Å²) in [7, 11) is 0. The third-order valence-corrected chi connectivity index (χ3v) is 3.36. The van der Waals surface area contributed by atoms with Crippen LogP contribution < -0.4 is 0 Å². The van der Waals surface area contributed by atoms with Crippen molar-refractivity contribution >= 4 is 45.8 Å². The molecule has 1 aromatic carbocycles. The maximum Gasteiger partial charge on any atom is 0.107 e. The Kier molecular flexibility index (Phi) is 3.95. The van der Waals surface area contributed by atoms with Crippen molar-refractivity contribution < 1.29 is 0 Å². The Hall–Kier alpha value is -0.440. The van der Waals surface area contributed by atoms with Gasteiger partial charge in [0.1, 0.15) is 5.82 Å². The zero-order valence-electron chi connectivity index (χ0n) is 8.56. The highest BCUT2D eigenvalue weighted by Gasteiger charge is 2.06. The minimum Gasteiger partial charge on any atom is -0.342 e. The molecule has 16 heavy (non-hydrogen) atoms. The lowest BCUT2D eigenvalue weighted by atomic mass is 10.2. The highest BCUT2D eigenvalue weighted by molar-refractivity contribution is 6.42. The zero-order chi connectivity index (χ0) is 11.5. The van der Waals surface area contributed by atoms with Gasteiger partial charge in [-0.1, -0.05) is 23.2 Å². The van der Waals surface area contributed by atoms with Crippen LogP contribution in [0.4, 0.5) is 0 Å². The molecule has 0 radical (unpaired) electrons. The van der Waals surface area contributed by atoms with Gasteiger partial charge in [0.15, 0.2) is 0 Å². The van der Waals surface area contributed by atoms with Crippen LogP contribution in [0.1, 0.15) is 18.7 Å². The van der Waals surface area contributed by atoms with Crippen molar-refractivity contribution in [3.8, 4) is 0 Å². The smallest absolute Gasteiger partial charge is 0.107 e. The Morgan fingerprint density at radius 3 is 2.62 bits per heavy atom. The summed E-state index contributed by atoms with van der Waals surface area (Å²) in [6.07, 6.45) is 2.93. The van der Waals surface area contributed by atoms with Crippen LogP contribution in [0.2, 0.25) is 10.0 Å². The second-order valence-corrected chi connectivity index (χ2v) is 4.81. The summed E-state index contributed by atoms with van der Waals surface area (Å²) in [4.78, 5) is 7.67. The van der Waals surface area contributed by atoms with E-state index >= 15 is 0 Å². The first-order valence-electron chi connectivity index (χ1n) is 5.10. The van der Waals surface area contributed by atoms with Crippen LogP contribution in [0.3, 0.4) is 0 Å². The molecule has 0 saturated heterocycles. The number of aromatic amines is 1. The fraction of sp³-hybridized carbons (Fsp3) is 0.364. The second kappa shape index (κ2) is 5.26. The van der Waals surface area contributed by atoms with Gasteiger partial charge in [-0.05, 0) is 25.0 Å². The van der Waals surface area contributed by atoms with E-state index in [-0.39, 0.29) is 0 Å². The summed E-state index contributed by atoms with van der Waals surface area (Å²) < 4.78 is 0. The molecule has 5 heteroatoms. The first-order chi connectivity index (χ1) is 7.70. The number of H-pyrrole nitrogens is 1. The molecule has 0 amide bonds. The maximum atomic E-state index is 5.93. The molecule has 2 nitrogen and oxygen atoms in total. The maximum absolute atomic E-state index is 5.93. The first-order valence-corrected chi connectivity index (χ1v) is 6.39. The van der Waals surface area contributed by atoms with Gasteiger partial charge in [-0.15, -0.1) is 11.6 Å². The molecule has 1 aromatic heterocycles. The fourth-order valence-corrected chi connectivity index (χ4v) is 2.07. The molecule has 2 rings (SSSR count). The van der Waals surface area contributed by atoms with Gasteiger partial charge in [0, 0.05) is 12.3 Å². The lowest BCUT2D eigenvalue weighted by Gasteiger charge is -1.93. The minimum atomic E-state index is 0.535. The predicted octanol–water partition coefficient (Wildman–Crippen LogP) is 4.43. The molecule has 0 aliphatic heterocycles. The number of aromatic nitrogens is 2. The van der Waals surface area contributed by atoms with Crippen LogP contribution >= 0.6 is 34.8 Å². The van der Waals surface area contributed by atoms with E-state index in [0.717, 1.165) is 36.1 Å². The zero-order valence-corrected chi connectivity index (χ0v) is 10.8. The van der Waals surface area contributed by atoms with Crippen LogP contribution in [0.5, 0.6) is 0 Å². The van der Waals surface area contributed by atoms with Crippen molar-refractivity contribution in [1.29, 1.82) is 0 Å². The number of rotatable bonds is 4. The van der Waals surface area contributed by atoms with E-state index in [0.29, 0.717) is 15.9 Å². The lowest BCUT2D eigenvalue weighted by molar-refractivity contribution is 0.769. The summed E-state index contributed by atoms with van der Waals surface area (Å²) in [6, 6.07) is 3.58. The number of hydrogen-bond acceptors (Lipinski definition) is 1. The summed E-state index contributed by atoms with van der Waals surface area (Å²) in [5.41, 5.74) is 1.78. The number of fused-ring (bicyclic) bond motifs is 1. The van der Waals surface area contributed by atoms with Crippen molar-refractivity contribution in [1.82, 2.24) is 9.97 Å².